The van der Waals surface area contributed by atoms with E-state index in [2.05, 4.69) is 36.4 Å². The molecule has 2 rings (SSSR count). The van der Waals surface area contributed by atoms with Crippen LogP contribution in [0.5, 0.6) is 0 Å². The van der Waals surface area contributed by atoms with Gasteiger partial charge in [0.05, 0.1) is 18.3 Å². The summed E-state index contributed by atoms with van der Waals surface area (Å²) in [6, 6.07) is 11.4. The van der Waals surface area contributed by atoms with Crippen LogP contribution in [0.25, 0.3) is 0 Å². The number of anilines is 2. The lowest BCUT2D eigenvalue weighted by molar-refractivity contribution is -0.115. The van der Waals surface area contributed by atoms with E-state index < -0.39 is 0 Å². The van der Waals surface area contributed by atoms with Gasteiger partial charge in [-0.2, -0.15) is 0 Å². The molecule has 0 spiro atoms. The van der Waals surface area contributed by atoms with Gasteiger partial charge < -0.3 is 15.5 Å². The highest BCUT2D eigenvalue weighted by molar-refractivity contribution is 9.10. The largest absolute Gasteiger partial charge is 0.383 e. The summed E-state index contributed by atoms with van der Waals surface area (Å²) >= 11 is 3.40. The molecule has 0 aliphatic heterocycles. The molecule has 0 bridgehead atoms. The zero-order valence-electron chi connectivity index (χ0n) is 13.3. The molecular formula is C17H21BrN4O. The minimum absolute atomic E-state index is 0.0797. The number of pyridine rings is 1. The molecule has 0 atom stereocenters. The van der Waals surface area contributed by atoms with Crippen LogP contribution in [0.4, 0.5) is 11.5 Å². The third-order valence-corrected chi connectivity index (χ3v) is 3.67. The van der Waals surface area contributed by atoms with Crippen LogP contribution < -0.4 is 10.6 Å². The predicted molar refractivity (Wildman–Crippen MR) is 97.8 cm³/mol. The Bertz CT molecular complexity index is 643. The Labute approximate surface area is 145 Å². The highest BCUT2D eigenvalue weighted by Gasteiger charge is 2.05. The Morgan fingerprint density at radius 2 is 2.09 bits per heavy atom. The first-order valence-electron chi connectivity index (χ1n) is 7.42. The number of rotatable bonds is 7. The molecule has 1 aromatic heterocycles. The fourth-order valence-corrected chi connectivity index (χ4v) is 2.46. The zero-order valence-corrected chi connectivity index (χ0v) is 14.9. The summed E-state index contributed by atoms with van der Waals surface area (Å²) in [5.74, 6) is 0.479. The van der Waals surface area contributed by atoms with Crippen molar-refractivity contribution in [1.29, 1.82) is 0 Å². The first kappa shape index (κ1) is 17.4. The van der Waals surface area contributed by atoms with E-state index in [0.29, 0.717) is 12.2 Å². The van der Waals surface area contributed by atoms with Gasteiger partial charge in [-0.15, -0.1) is 0 Å². The Morgan fingerprint density at radius 3 is 2.74 bits per heavy atom. The first-order chi connectivity index (χ1) is 11.0. The molecule has 0 aliphatic rings. The van der Waals surface area contributed by atoms with E-state index in [4.69, 9.17) is 0 Å². The molecule has 0 fully saturated rings. The van der Waals surface area contributed by atoms with Crippen molar-refractivity contribution in [3.63, 3.8) is 0 Å². The van der Waals surface area contributed by atoms with Crippen molar-refractivity contribution < 1.29 is 4.79 Å². The van der Waals surface area contributed by atoms with Gasteiger partial charge in [-0.1, -0.05) is 28.1 Å². The molecule has 0 saturated heterocycles. The maximum absolute atomic E-state index is 12.0. The lowest BCUT2D eigenvalue weighted by atomic mass is 10.1. The molecule has 2 aromatic rings. The second kappa shape index (κ2) is 8.64. The summed E-state index contributed by atoms with van der Waals surface area (Å²) in [5, 5.41) is 6.09. The molecule has 0 saturated carbocycles. The number of carbonyl (C=O) groups is 1. The van der Waals surface area contributed by atoms with Crippen molar-refractivity contribution >= 4 is 33.3 Å². The van der Waals surface area contributed by atoms with Gasteiger partial charge in [0.15, 0.2) is 0 Å². The van der Waals surface area contributed by atoms with Crippen LogP contribution in [0.3, 0.4) is 0 Å². The van der Waals surface area contributed by atoms with Crippen LogP contribution in [-0.2, 0) is 11.2 Å². The van der Waals surface area contributed by atoms with Gasteiger partial charge in [0.1, 0.15) is 5.82 Å². The van der Waals surface area contributed by atoms with Gasteiger partial charge in [-0.3, -0.25) is 4.79 Å². The SMILES string of the molecule is CN(C)CCNc1ccc(NC(=O)Cc2cccc(Br)c2)nc1. The number of halogens is 1. The zero-order chi connectivity index (χ0) is 16.7. The molecule has 2 N–H and O–H groups in total. The van der Waals surface area contributed by atoms with Crippen molar-refractivity contribution in [2.24, 2.45) is 0 Å². The Morgan fingerprint density at radius 1 is 1.26 bits per heavy atom. The van der Waals surface area contributed by atoms with Crippen molar-refractivity contribution in [3.05, 3.63) is 52.6 Å². The molecule has 5 nitrogen and oxygen atoms in total. The number of hydrogen-bond donors (Lipinski definition) is 2. The third-order valence-electron chi connectivity index (χ3n) is 3.17. The highest BCUT2D eigenvalue weighted by atomic mass is 79.9. The maximum atomic E-state index is 12.0. The molecule has 0 unspecified atom stereocenters. The topological polar surface area (TPSA) is 57.3 Å². The normalized spacial score (nSPS) is 10.6. The number of hydrogen-bond acceptors (Lipinski definition) is 4. The quantitative estimate of drug-likeness (QED) is 0.779. The fraction of sp³-hybridized carbons (Fsp3) is 0.294. The number of aromatic nitrogens is 1. The number of amides is 1. The van der Waals surface area contributed by atoms with E-state index in [-0.39, 0.29) is 5.91 Å². The Balaban J connectivity index is 1.84. The van der Waals surface area contributed by atoms with Crippen LogP contribution in [-0.4, -0.2) is 43.0 Å². The van der Waals surface area contributed by atoms with Gasteiger partial charge >= 0.3 is 0 Å². The van der Waals surface area contributed by atoms with E-state index in [1.54, 1.807) is 12.3 Å². The summed E-state index contributed by atoms with van der Waals surface area (Å²) in [4.78, 5) is 18.4. The van der Waals surface area contributed by atoms with E-state index in [1.807, 2.05) is 44.4 Å². The van der Waals surface area contributed by atoms with Gasteiger partial charge in [0.25, 0.3) is 0 Å². The van der Waals surface area contributed by atoms with Gasteiger partial charge in [-0.05, 0) is 43.9 Å². The summed E-state index contributed by atoms with van der Waals surface area (Å²) in [6.45, 7) is 1.80. The van der Waals surface area contributed by atoms with Crippen molar-refractivity contribution in [1.82, 2.24) is 9.88 Å². The first-order valence-corrected chi connectivity index (χ1v) is 8.21. The molecule has 1 heterocycles. The summed E-state index contributed by atoms with van der Waals surface area (Å²) in [6.07, 6.45) is 2.05. The molecule has 0 radical (unpaired) electrons. The third kappa shape index (κ3) is 6.38. The van der Waals surface area contributed by atoms with Gasteiger partial charge in [-0.25, -0.2) is 4.98 Å². The van der Waals surface area contributed by atoms with Crippen molar-refractivity contribution in [2.75, 3.05) is 37.8 Å². The number of nitrogens with one attached hydrogen (secondary N) is 2. The van der Waals surface area contributed by atoms with Gasteiger partial charge in [0.2, 0.25) is 5.91 Å². The van der Waals surface area contributed by atoms with Gasteiger partial charge in [0, 0.05) is 17.6 Å². The van der Waals surface area contributed by atoms with Crippen LogP contribution in [0.15, 0.2) is 47.1 Å². The number of benzene rings is 1. The molecule has 6 heteroatoms. The highest BCUT2D eigenvalue weighted by Crippen LogP contribution is 2.13. The average molecular weight is 377 g/mol. The molecule has 0 aliphatic carbocycles. The molecule has 1 amide bonds. The van der Waals surface area contributed by atoms with E-state index in [0.717, 1.165) is 28.8 Å². The number of likely N-dealkylation sites (N-methyl/N-ethyl adjacent to an activating group) is 1. The second-order valence-corrected chi connectivity index (χ2v) is 6.43. The van der Waals surface area contributed by atoms with E-state index in [9.17, 15) is 4.79 Å². The average Bonchev–Trinajstić information content (AvgIpc) is 2.48. The minimum Gasteiger partial charge on any atom is -0.383 e. The monoisotopic (exact) mass is 376 g/mol. The maximum Gasteiger partial charge on any atom is 0.229 e. The predicted octanol–water partition coefficient (Wildman–Crippen LogP) is 3.00. The second-order valence-electron chi connectivity index (χ2n) is 5.52. The Kier molecular flexibility index (Phi) is 6.55. The smallest absolute Gasteiger partial charge is 0.229 e. The molecular weight excluding hydrogens is 356 g/mol. The number of nitrogens with zero attached hydrogens (tertiary/aromatic N) is 2. The standard InChI is InChI=1S/C17H21BrN4O/c1-22(2)9-8-19-15-6-7-16(20-12-15)21-17(23)11-13-4-3-5-14(18)10-13/h3-7,10,12,19H,8-9,11H2,1-2H3,(H,20,21,23). The molecule has 1 aromatic carbocycles. The van der Waals surface area contributed by atoms with E-state index >= 15 is 0 Å². The van der Waals surface area contributed by atoms with Crippen molar-refractivity contribution in [3.8, 4) is 0 Å². The minimum atomic E-state index is -0.0797. The molecule has 122 valence electrons. The Hall–Kier alpha value is -1.92. The van der Waals surface area contributed by atoms with Crippen LogP contribution in [0.1, 0.15) is 5.56 Å². The summed E-state index contributed by atoms with van der Waals surface area (Å²) < 4.78 is 0.967. The van der Waals surface area contributed by atoms with E-state index in [1.165, 1.54) is 0 Å². The van der Waals surface area contributed by atoms with Crippen LogP contribution in [0.2, 0.25) is 0 Å². The van der Waals surface area contributed by atoms with Crippen molar-refractivity contribution in [2.45, 2.75) is 6.42 Å². The fourth-order valence-electron chi connectivity index (χ4n) is 2.02. The lowest BCUT2D eigenvalue weighted by Crippen LogP contribution is -2.20. The number of carbonyl (C=O) groups excluding carboxylic acids is 1. The van der Waals surface area contributed by atoms with Crippen LogP contribution >= 0.6 is 15.9 Å². The van der Waals surface area contributed by atoms with Crippen LogP contribution in [0, 0.1) is 0 Å². The summed E-state index contributed by atoms with van der Waals surface area (Å²) in [7, 11) is 4.06. The lowest BCUT2D eigenvalue weighted by Gasteiger charge is -2.11. The molecule has 23 heavy (non-hydrogen) atoms. The summed E-state index contributed by atoms with van der Waals surface area (Å²) in [5.41, 5.74) is 1.90.